The van der Waals surface area contributed by atoms with Gasteiger partial charge < -0.3 is 9.80 Å². The fourth-order valence-corrected chi connectivity index (χ4v) is 3.98. The van der Waals surface area contributed by atoms with E-state index in [9.17, 15) is 18.0 Å². The highest BCUT2D eigenvalue weighted by molar-refractivity contribution is 7.89. The summed E-state index contributed by atoms with van der Waals surface area (Å²) in [6.45, 7) is 4.80. The van der Waals surface area contributed by atoms with Crippen LogP contribution in [0.5, 0.6) is 0 Å². The average molecular weight is 396 g/mol. The summed E-state index contributed by atoms with van der Waals surface area (Å²) in [5.74, 6) is -0.143. The van der Waals surface area contributed by atoms with Gasteiger partial charge in [0.2, 0.25) is 21.8 Å². The molecule has 27 heavy (non-hydrogen) atoms. The van der Waals surface area contributed by atoms with Gasteiger partial charge in [-0.15, -0.1) is 0 Å². The molecule has 1 atom stereocenters. The molecule has 2 N–H and O–H groups in total. The van der Waals surface area contributed by atoms with Gasteiger partial charge in [0.1, 0.15) is 0 Å². The van der Waals surface area contributed by atoms with Gasteiger partial charge in [-0.25, -0.2) is 13.6 Å². The maximum atomic E-state index is 12.7. The molecule has 8 heteroatoms. The molecule has 7 nitrogen and oxygen atoms in total. The molecule has 2 rings (SSSR count). The highest BCUT2D eigenvalue weighted by atomic mass is 32.2. The molecule has 1 saturated heterocycles. The average Bonchev–Trinajstić information content (AvgIpc) is 2.64. The Kier molecular flexibility index (Phi) is 7.38. The lowest BCUT2D eigenvalue weighted by molar-refractivity contribution is -0.141. The molecule has 0 radical (unpaired) electrons. The summed E-state index contributed by atoms with van der Waals surface area (Å²) >= 11 is 0. The van der Waals surface area contributed by atoms with Gasteiger partial charge in [0, 0.05) is 26.1 Å². The molecule has 0 aliphatic carbocycles. The molecule has 1 aliphatic heterocycles. The van der Waals surface area contributed by atoms with Crippen molar-refractivity contribution >= 4 is 21.8 Å². The molecule has 0 saturated carbocycles. The van der Waals surface area contributed by atoms with Gasteiger partial charge in [0.05, 0.1) is 11.4 Å². The van der Waals surface area contributed by atoms with Gasteiger partial charge in [0.25, 0.3) is 0 Å². The fraction of sp³-hybridized carbons (Fsp3) is 0.579. The van der Waals surface area contributed by atoms with Crippen molar-refractivity contribution in [1.29, 1.82) is 0 Å². The molecule has 1 unspecified atom stereocenters. The van der Waals surface area contributed by atoms with Crippen LogP contribution in [-0.2, 0) is 26.0 Å². The van der Waals surface area contributed by atoms with Gasteiger partial charge in [-0.1, -0.05) is 19.1 Å². The Bertz CT molecular complexity index is 762. The zero-order chi connectivity index (χ0) is 20.0. The predicted octanol–water partition coefficient (Wildman–Crippen LogP) is 1.52. The number of carbonyl (C=O) groups excluding carboxylic acids is 2. The number of carbonyl (C=O) groups is 2. The van der Waals surface area contributed by atoms with Crippen molar-refractivity contribution in [1.82, 2.24) is 9.80 Å². The van der Waals surface area contributed by atoms with Crippen LogP contribution in [0.3, 0.4) is 0 Å². The number of benzene rings is 1. The van der Waals surface area contributed by atoms with E-state index in [0.29, 0.717) is 13.0 Å². The lowest BCUT2D eigenvalue weighted by Gasteiger charge is -2.36. The zero-order valence-corrected chi connectivity index (χ0v) is 16.9. The number of hydrogen-bond donors (Lipinski definition) is 1. The molecule has 0 bridgehead atoms. The topological polar surface area (TPSA) is 101 Å². The van der Waals surface area contributed by atoms with Crippen LogP contribution in [-0.4, -0.2) is 55.7 Å². The van der Waals surface area contributed by atoms with E-state index >= 15 is 0 Å². The first kappa shape index (κ1) is 21.4. The van der Waals surface area contributed by atoms with Crippen LogP contribution in [0.4, 0.5) is 0 Å². The molecule has 1 aromatic carbocycles. The number of likely N-dealkylation sites (tertiary alicyclic amines) is 1. The molecular weight excluding hydrogens is 366 g/mol. The van der Waals surface area contributed by atoms with Crippen molar-refractivity contribution in [2.75, 3.05) is 19.6 Å². The Balaban J connectivity index is 1.97. The van der Waals surface area contributed by atoms with Crippen molar-refractivity contribution in [2.24, 2.45) is 5.14 Å². The minimum atomic E-state index is -3.72. The number of sulfonamides is 1. The SMILES string of the molecule is CCC1CCCCN1C(=O)CN(CCc1ccc(S(N)(=O)=O)cc1)C(C)=O. The van der Waals surface area contributed by atoms with Gasteiger partial charge in [-0.05, 0) is 49.8 Å². The third kappa shape index (κ3) is 6.04. The molecule has 1 heterocycles. The van der Waals surface area contributed by atoms with Crippen LogP contribution < -0.4 is 5.14 Å². The first-order valence-electron chi connectivity index (χ1n) is 9.39. The standard InChI is InChI=1S/C19H29N3O4S/c1-3-17-6-4-5-12-22(17)19(24)14-21(15(2)23)13-11-16-7-9-18(10-8-16)27(20,25)26/h7-10,17H,3-6,11-14H2,1-2H3,(H2,20,25,26). The number of nitrogens with two attached hydrogens (primary N) is 1. The highest BCUT2D eigenvalue weighted by Crippen LogP contribution is 2.20. The van der Waals surface area contributed by atoms with E-state index in [1.165, 1.54) is 19.1 Å². The van der Waals surface area contributed by atoms with E-state index in [0.717, 1.165) is 37.8 Å². The number of nitrogens with zero attached hydrogens (tertiary/aromatic N) is 2. The second kappa shape index (κ2) is 9.32. The van der Waals surface area contributed by atoms with E-state index in [2.05, 4.69) is 6.92 Å². The summed E-state index contributed by atoms with van der Waals surface area (Å²) < 4.78 is 22.6. The van der Waals surface area contributed by atoms with E-state index < -0.39 is 10.0 Å². The highest BCUT2D eigenvalue weighted by Gasteiger charge is 2.27. The van der Waals surface area contributed by atoms with Crippen molar-refractivity contribution in [3.8, 4) is 0 Å². The summed E-state index contributed by atoms with van der Waals surface area (Å²) in [4.78, 5) is 28.2. The second-order valence-corrected chi connectivity index (χ2v) is 8.59. The van der Waals surface area contributed by atoms with Crippen molar-refractivity contribution in [3.63, 3.8) is 0 Å². The van der Waals surface area contributed by atoms with Crippen LogP contribution in [0.15, 0.2) is 29.2 Å². The molecule has 150 valence electrons. The number of primary sulfonamides is 1. The molecule has 0 spiro atoms. The third-order valence-corrected chi connectivity index (χ3v) is 6.04. The Morgan fingerprint density at radius 2 is 1.89 bits per heavy atom. The number of piperidine rings is 1. The van der Waals surface area contributed by atoms with Crippen molar-refractivity contribution < 1.29 is 18.0 Å². The van der Waals surface area contributed by atoms with Crippen molar-refractivity contribution in [2.45, 2.75) is 56.9 Å². The van der Waals surface area contributed by atoms with E-state index in [-0.39, 0.29) is 29.3 Å². The van der Waals surface area contributed by atoms with Crippen LogP contribution >= 0.6 is 0 Å². The Hall–Kier alpha value is -1.93. The molecular formula is C19H29N3O4S. The summed E-state index contributed by atoms with van der Waals surface area (Å²) in [6, 6.07) is 6.53. The Morgan fingerprint density at radius 3 is 2.44 bits per heavy atom. The molecule has 1 fully saturated rings. The normalized spacial score (nSPS) is 17.6. The first-order chi connectivity index (χ1) is 12.7. The molecule has 1 aromatic rings. The molecule has 2 amide bonds. The number of rotatable bonds is 7. The van der Waals surface area contributed by atoms with Crippen LogP contribution in [0, 0.1) is 0 Å². The quantitative estimate of drug-likeness (QED) is 0.756. The minimum Gasteiger partial charge on any atom is -0.338 e. The summed E-state index contributed by atoms with van der Waals surface area (Å²) in [5, 5.41) is 5.09. The molecule has 1 aliphatic rings. The largest absolute Gasteiger partial charge is 0.338 e. The van der Waals surface area contributed by atoms with E-state index in [1.807, 2.05) is 4.90 Å². The lowest BCUT2D eigenvalue weighted by atomic mass is 10.00. The summed E-state index contributed by atoms with van der Waals surface area (Å²) in [5.41, 5.74) is 0.880. The van der Waals surface area contributed by atoms with E-state index in [4.69, 9.17) is 5.14 Å². The van der Waals surface area contributed by atoms with Crippen LogP contribution in [0.25, 0.3) is 0 Å². The van der Waals surface area contributed by atoms with Gasteiger partial charge in [-0.2, -0.15) is 0 Å². The minimum absolute atomic E-state index is 0.00123. The van der Waals surface area contributed by atoms with Crippen LogP contribution in [0.1, 0.15) is 45.1 Å². The smallest absolute Gasteiger partial charge is 0.242 e. The monoisotopic (exact) mass is 395 g/mol. The second-order valence-electron chi connectivity index (χ2n) is 7.02. The lowest BCUT2D eigenvalue weighted by Crippen LogP contribution is -2.49. The van der Waals surface area contributed by atoms with Crippen LogP contribution in [0.2, 0.25) is 0 Å². The van der Waals surface area contributed by atoms with Gasteiger partial charge in [-0.3, -0.25) is 9.59 Å². The molecule has 0 aromatic heterocycles. The van der Waals surface area contributed by atoms with E-state index in [1.54, 1.807) is 17.0 Å². The summed E-state index contributed by atoms with van der Waals surface area (Å²) in [7, 11) is -3.72. The maximum Gasteiger partial charge on any atom is 0.242 e. The maximum absolute atomic E-state index is 12.7. The zero-order valence-electron chi connectivity index (χ0n) is 16.1. The van der Waals surface area contributed by atoms with Crippen molar-refractivity contribution in [3.05, 3.63) is 29.8 Å². The van der Waals surface area contributed by atoms with Gasteiger partial charge >= 0.3 is 0 Å². The Morgan fingerprint density at radius 1 is 1.22 bits per heavy atom. The number of amides is 2. The Labute approximate surface area is 161 Å². The summed E-state index contributed by atoms with van der Waals surface area (Å²) in [6.07, 6.45) is 4.65. The first-order valence-corrected chi connectivity index (χ1v) is 10.9. The number of hydrogen-bond acceptors (Lipinski definition) is 4. The third-order valence-electron chi connectivity index (χ3n) is 5.11. The predicted molar refractivity (Wildman–Crippen MR) is 103 cm³/mol. The fourth-order valence-electron chi connectivity index (χ4n) is 3.47. The van der Waals surface area contributed by atoms with Gasteiger partial charge in [0.15, 0.2) is 0 Å².